The molecular weight excluding hydrogens is 715 g/mol. The number of anilines is 1. The normalized spacial score (nSPS) is 21.8. The van der Waals surface area contributed by atoms with Crippen molar-refractivity contribution in [2.24, 2.45) is 17.8 Å². The van der Waals surface area contributed by atoms with Gasteiger partial charge in [-0.2, -0.15) is 4.98 Å². The lowest BCUT2D eigenvalue weighted by Gasteiger charge is -2.28. The third kappa shape index (κ3) is 4.66. The van der Waals surface area contributed by atoms with E-state index in [1.807, 2.05) is 62.4 Å². The van der Waals surface area contributed by atoms with Crippen LogP contribution in [0, 0.1) is 17.8 Å². The SMILES string of the molecule is COC(=O)c1nc2oc1-c1c[nH]c3cccc(c13)-c1cccc3c1N[C@H]1Oc4ccc5cc4C31c1oc(nc1-2)[C@H](C(C)C)NC(=O)C(CC(=O)[C@@H](O)C(C)C)C5. The Hall–Kier alpha value is -6.21. The molecule has 0 saturated heterocycles. The molecule has 6 aromatic rings. The van der Waals surface area contributed by atoms with Crippen molar-refractivity contribution < 1.29 is 37.8 Å². The lowest BCUT2D eigenvalue weighted by Crippen LogP contribution is -2.41. The Morgan fingerprint density at radius 3 is 2.57 bits per heavy atom. The first-order chi connectivity index (χ1) is 27.0. The fourth-order valence-electron chi connectivity index (χ4n) is 9.02. The number of methoxy groups -OCH3 is 1. The van der Waals surface area contributed by atoms with Crippen LogP contribution >= 0.6 is 0 Å². The summed E-state index contributed by atoms with van der Waals surface area (Å²) in [6.07, 6.45) is -0.0669. The summed E-state index contributed by atoms with van der Waals surface area (Å²) >= 11 is 0. The number of para-hydroxylation sites is 1. The van der Waals surface area contributed by atoms with Crippen LogP contribution in [-0.2, 0) is 26.2 Å². The maximum absolute atomic E-state index is 14.3. The minimum absolute atomic E-state index is 0.0231. The molecule has 13 heteroatoms. The molecule has 10 rings (SSSR count). The minimum Gasteiger partial charge on any atom is -0.469 e. The first-order valence-electron chi connectivity index (χ1n) is 18.9. The van der Waals surface area contributed by atoms with E-state index in [1.54, 1.807) is 20.0 Å². The fraction of sp³-hybridized carbons (Fsp3) is 0.326. The second-order valence-corrected chi connectivity index (χ2v) is 15.8. The van der Waals surface area contributed by atoms with E-state index >= 15 is 0 Å². The Morgan fingerprint density at radius 2 is 1.79 bits per heavy atom. The van der Waals surface area contributed by atoms with Gasteiger partial charge in [-0.15, -0.1) is 0 Å². The quantitative estimate of drug-likeness (QED) is 0.133. The molecule has 0 fully saturated rings. The van der Waals surface area contributed by atoms with Gasteiger partial charge in [0, 0.05) is 57.4 Å². The standard InChI is InChI=1S/C43H39N5O8/c1-18(2)31-39-47-34-37(56-39)43-25-10-6-9-23(22-8-7-11-27-30(22)24(17-44-27)36-33(41(52)53-5)46-40(34)55-36)32(25)48-42(43)54-29-13-12-20(15-26(29)43)14-21(38(51)45-31)16-28(49)35(50)19(3)4/h6-13,15,17-19,21,31,35,42,44,48,50H,14,16H2,1-5H3,(H,45,51)/t21?,31-,35-,42-,43?/m0/s1. The zero-order valence-corrected chi connectivity index (χ0v) is 31.4. The monoisotopic (exact) mass is 753 g/mol. The van der Waals surface area contributed by atoms with Gasteiger partial charge in [-0.25, -0.2) is 9.78 Å². The third-order valence-electron chi connectivity index (χ3n) is 11.8. The van der Waals surface area contributed by atoms with E-state index < -0.39 is 41.5 Å². The van der Waals surface area contributed by atoms with Crippen LogP contribution in [0.4, 0.5) is 5.69 Å². The first-order valence-corrected chi connectivity index (χ1v) is 18.9. The van der Waals surface area contributed by atoms with Crippen LogP contribution in [0.2, 0.25) is 0 Å². The van der Waals surface area contributed by atoms with Crippen LogP contribution in [0.3, 0.4) is 0 Å². The summed E-state index contributed by atoms with van der Waals surface area (Å²) in [6.45, 7) is 7.43. The number of nitrogens with zero attached hydrogens (tertiary/aromatic N) is 2. The van der Waals surface area contributed by atoms with Crippen molar-refractivity contribution in [3.63, 3.8) is 0 Å². The molecule has 4 aliphatic rings. The van der Waals surface area contributed by atoms with Gasteiger partial charge in [-0.3, -0.25) is 9.59 Å². The third-order valence-corrected chi connectivity index (χ3v) is 11.8. The zero-order valence-electron chi connectivity index (χ0n) is 31.4. The number of rotatable bonds is 6. The Bertz CT molecular complexity index is 2650. The van der Waals surface area contributed by atoms with E-state index in [0.717, 1.165) is 44.4 Å². The van der Waals surface area contributed by atoms with Crippen LogP contribution in [0.25, 0.3) is 44.9 Å². The Morgan fingerprint density at radius 1 is 0.982 bits per heavy atom. The van der Waals surface area contributed by atoms with Crippen LogP contribution in [0.5, 0.6) is 5.75 Å². The average molecular weight is 754 g/mol. The van der Waals surface area contributed by atoms with Crippen molar-refractivity contribution in [2.45, 2.75) is 64.3 Å². The van der Waals surface area contributed by atoms with Crippen LogP contribution in [0.1, 0.15) is 79.0 Å². The molecule has 7 heterocycles. The molecule has 4 aliphatic heterocycles. The highest BCUT2D eigenvalue weighted by atomic mass is 16.5. The Labute approximate surface area is 320 Å². The number of oxazole rings is 2. The van der Waals surface area contributed by atoms with Crippen molar-refractivity contribution in [2.75, 3.05) is 12.4 Å². The van der Waals surface area contributed by atoms with Gasteiger partial charge in [0.05, 0.1) is 7.11 Å². The summed E-state index contributed by atoms with van der Waals surface area (Å²) in [5.41, 5.74) is 5.49. The second-order valence-electron chi connectivity index (χ2n) is 15.8. The van der Waals surface area contributed by atoms with Crippen LogP contribution in [-0.4, -0.2) is 57.2 Å². The number of hydrogen-bond donors (Lipinski definition) is 4. The molecular formula is C43H39N5O8. The highest BCUT2D eigenvalue weighted by Gasteiger charge is 2.62. The first kappa shape index (κ1) is 34.3. The number of carbonyl (C=O) groups excluding carboxylic acids is 3. The number of nitrogens with one attached hydrogen (secondary N) is 3. The topological polar surface area (TPSA) is 182 Å². The van der Waals surface area contributed by atoms with E-state index in [9.17, 15) is 19.5 Å². The van der Waals surface area contributed by atoms with E-state index in [2.05, 4.69) is 21.7 Å². The van der Waals surface area contributed by atoms with E-state index in [1.165, 1.54) is 7.11 Å². The van der Waals surface area contributed by atoms with Crippen LogP contribution in [0.15, 0.2) is 69.6 Å². The number of H-pyrrole nitrogens is 1. The number of ether oxygens (including phenoxy) is 2. The minimum atomic E-state index is -1.20. The summed E-state index contributed by atoms with van der Waals surface area (Å²) in [6, 6.07) is 17.1. The summed E-state index contributed by atoms with van der Waals surface area (Å²) in [4.78, 5) is 54.4. The second kappa shape index (κ2) is 12.1. The highest BCUT2D eigenvalue weighted by Crippen LogP contribution is 2.61. The maximum Gasteiger partial charge on any atom is 0.360 e. The summed E-state index contributed by atoms with van der Waals surface area (Å²) in [7, 11) is 1.29. The van der Waals surface area contributed by atoms with E-state index in [-0.39, 0.29) is 59.5 Å². The van der Waals surface area contributed by atoms with Gasteiger partial charge >= 0.3 is 5.97 Å². The number of benzene rings is 3. The fourth-order valence-corrected chi connectivity index (χ4v) is 9.02. The van der Waals surface area contributed by atoms with E-state index in [4.69, 9.17) is 28.3 Å². The lowest BCUT2D eigenvalue weighted by atomic mass is 9.72. The predicted molar refractivity (Wildman–Crippen MR) is 204 cm³/mol. The number of fused-ring (bicyclic) bond motifs is 7. The summed E-state index contributed by atoms with van der Waals surface area (Å²) in [5, 5.41) is 18.4. The van der Waals surface area contributed by atoms with Gasteiger partial charge in [-0.1, -0.05) is 70.2 Å². The number of hydrogen-bond acceptors (Lipinski definition) is 11. The van der Waals surface area contributed by atoms with Crippen molar-refractivity contribution in [3.8, 4) is 39.8 Å². The molecule has 284 valence electrons. The van der Waals surface area contributed by atoms with E-state index in [0.29, 0.717) is 17.1 Å². The molecule has 0 radical (unpaired) electrons. The van der Waals surface area contributed by atoms with Gasteiger partial charge in [-0.05, 0) is 41.5 Å². The molecule has 0 aliphatic carbocycles. The number of carbonyl (C=O) groups is 3. The molecule has 3 aromatic carbocycles. The molecule has 56 heavy (non-hydrogen) atoms. The number of esters is 1. The number of Topliss-reactive ketones (excluding diaryl/α,β-unsaturated/α-hetero) is 1. The molecule has 3 aromatic heterocycles. The molecule has 1 amide bonds. The number of aliphatic hydroxyl groups is 1. The number of aromatic amines is 1. The molecule has 0 saturated carbocycles. The summed E-state index contributed by atoms with van der Waals surface area (Å²) in [5.74, 6) is -1.43. The summed E-state index contributed by atoms with van der Waals surface area (Å²) < 4.78 is 25.7. The Kier molecular flexibility index (Phi) is 7.44. The zero-order chi connectivity index (χ0) is 38.8. The number of aliphatic hydroxyl groups excluding tert-OH is 1. The smallest absolute Gasteiger partial charge is 0.360 e. The van der Waals surface area contributed by atoms with Gasteiger partial charge < -0.3 is 39.0 Å². The average Bonchev–Trinajstić information content (AvgIpc) is 4.01. The van der Waals surface area contributed by atoms with Crippen molar-refractivity contribution in [1.29, 1.82) is 0 Å². The van der Waals surface area contributed by atoms with Crippen molar-refractivity contribution in [1.82, 2.24) is 20.3 Å². The lowest BCUT2D eigenvalue weighted by molar-refractivity contribution is -0.135. The van der Waals surface area contributed by atoms with Gasteiger partial charge in [0.15, 0.2) is 34.9 Å². The number of aromatic nitrogens is 3. The molecule has 1 spiro atoms. The Balaban J connectivity index is 1.31. The molecule has 2 unspecified atom stereocenters. The number of ketones is 1. The van der Waals surface area contributed by atoms with Crippen molar-refractivity contribution >= 4 is 34.3 Å². The maximum atomic E-state index is 14.3. The van der Waals surface area contributed by atoms with Gasteiger partial charge in [0.1, 0.15) is 23.3 Å². The number of amides is 1. The van der Waals surface area contributed by atoms with Crippen LogP contribution < -0.4 is 15.4 Å². The van der Waals surface area contributed by atoms with Crippen molar-refractivity contribution in [3.05, 3.63) is 94.8 Å². The highest BCUT2D eigenvalue weighted by molar-refractivity contribution is 6.10. The largest absolute Gasteiger partial charge is 0.469 e. The molecule has 10 bridgehead atoms. The molecule has 13 nitrogen and oxygen atoms in total. The van der Waals surface area contributed by atoms with Gasteiger partial charge in [0.2, 0.25) is 17.7 Å². The molecule has 5 atom stereocenters. The molecule has 4 N–H and O–H groups in total. The van der Waals surface area contributed by atoms with Gasteiger partial charge in [0.25, 0.3) is 0 Å². The predicted octanol–water partition coefficient (Wildman–Crippen LogP) is 6.69.